The summed E-state index contributed by atoms with van der Waals surface area (Å²) in [4.78, 5) is 6.68. The van der Waals surface area contributed by atoms with Gasteiger partial charge in [0.1, 0.15) is 22.3 Å². The zero-order chi connectivity index (χ0) is 18.0. The number of hydrogen-bond acceptors (Lipinski definition) is 5. The van der Waals surface area contributed by atoms with Gasteiger partial charge >= 0.3 is 0 Å². The summed E-state index contributed by atoms with van der Waals surface area (Å²) in [6.45, 7) is 5.36. The van der Waals surface area contributed by atoms with Crippen LogP contribution >= 0.6 is 11.6 Å². The van der Waals surface area contributed by atoms with Crippen molar-refractivity contribution in [2.75, 3.05) is 7.05 Å². The minimum absolute atomic E-state index is 0.608. The average Bonchev–Trinajstić information content (AvgIpc) is 3.14. The van der Waals surface area contributed by atoms with Gasteiger partial charge in [-0.1, -0.05) is 29.7 Å². The van der Waals surface area contributed by atoms with Crippen molar-refractivity contribution in [2.24, 2.45) is 7.05 Å². The summed E-state index contributed by atoms with van der Waals surface area (Å²) in [6, 6.07) is 6.06. The topological polar surface area (TPSA) is 60.0 Å². The van der Waals surface area contributed by atoms with Gasteiger partial charge in [0.2, 0.25) is 0 Å². The lowest BCUT2D eigenvalue weighted by molar-refractivity contribution is 0.315. The molecule has 0 aliphatic carbocycles. The average molecular weight is 360 g/mol. The maximum absolute atomic E-state index is 6.46. The molecule has 0 saturated heterocycles. The Bertz CT molecular complexity index is 853. The third-order valence-electron chi connectivity index (χ3n) is 4.09. The minimum atomic E-state index is 0.608. The molecule has 3 aromatic rings. The van der Waals surface area contributed by atoms with Crippen molar-refractivity contribution in [3.63, 3.8) is 0 Å². The molecule has 0 spiro atoms. The second kappa shape index (κ2) is 7.37. The van der Waals surface area contributed by atoms with Crippen molar-refractivity contribution >= 4 is 11.6 Å². The first-order valence-electron chi connectivity index (χ1n) is 8.25. The van der Waals surface area contributed by atoms with Crippen LogP contribution in [0.25, 0.3) is 11.4 Å². The molecule has 0 fully saturated rings. The summed E-state index contributed by atoms with van der Waals surface area (Å²) in [5, 5.41) is 9.18. The second-order valence-electron chi connectivity index (χ2n) is 6.25. The van der Waals surface area contributed by atoms with Crippen LogP contribution in [-0.4, -0.2) is 31.9 Å². The zero-order valence-corrected chi connectivity index (χ0v) is 15.7. The Kier molecular flexibility index (Phi) is 5.20. The Morgan fingerprint density at radius 1 is 1.28 bits per heavy atom. The van der Waals surface area contributed by atoms with Crippen molar-refractivity contribution < 1.29 is 4.52 Å². The summed E-state index contributed by atoms with van der Waals surface area (Å²) in [5.41, 5.74) is 4.66. The van der Waals surface area contributed by atoms with Crippen molar-refractivity contribution in [1.82, 2.24) is 24.8 Å². The molecule has 0 aliphatic rings. The molecule has 132 valence electrons. The molecule has 7 heteroatoms. The van der Waals surface area contributed by atoms with Gasteiger partial charge in [0.25, 0.3) is 0 Å². The molecule has 0 bridgehead atoms. The first-order chi connectivity index (χ1) is 12.0. The quantitative estimate of drug-likeness (QED) is 0.672. The van der Waals surface area contributed by atoms with Gasteiger partial charge in [-0.3, -0.25) is 14.6 Å². The van der Waals surface area contributed by atoms with E-state index in [4.69, 9.17) is 16.1 Å². The van der Waals surface area contributed by atoms with E-state index in [1.807, 2.05) is 33.3 Å². The monoisotopic (exact) mass is 359 g/mol. The summed E-state index contributed by atoms with van der Waals surface area (Å²) >= 11 is 6.46. The molecule has 6 nitrogen and oxygen atoms in total. The van der Waals surface area contributed by atoms with Gasteiger partial charge in [-0.2, -0.15) is 5.10 Å². The van der Waals surface area contributed by atoms with Gasteiger partial charge in [-0.25, -0.2) is 0 Å². The smallest absolute Gasteiger partial charge is 0.134 e. The molecule has 0 atom stereocenters. The van der Waals surface area contributed by atoms with Crippen molar-refractivity contribution in [3.05, 3.63) is 52.1 Å². The van der Waals surface area contributed by atoms with E-state index in [1.165, 1.54) is 5.56 Å². The van der Waals surface area contributed by atoms with Crippen LogP contribution < -0.4 is 0 Å². The Balaban J connectivity index is 1.79. The van der Waals surface area contributed by atoms with Crippen molar-refractivity contribution in [2.45, 2.75) is 33.4 Å². The highest BCUT2D eigenvalue weighted by atomic mass is 35.5. The normalized spacial score (nSPS) is 11.4. The van der Waals surface area contributed by atoms with Crippen LogP contribution in [-0.2, 0) is 26.6 Å². The van der Waals surface area contributed by atoms with Gasteiger partial charge in [0.15, 0.2) is 0 Å². The molecule has 0 amide bonds. The highest BCUT2D eigenvalue weighted by Gasteiger charge is 2.20. The molecule has 3 aromatic heterocycles. The fourth-order valence-corrected chi connectivity index (χ4v) is 2.92. The molecule has 0 saturated carbocycles. The highest BCUT2D eigenvalue weighted by Crippen LogP contribution is 2.29. The van der Waals surface area contributed by atoms with Crippen LogP contribution in [0.1, 0.15) is 29.5 Å². The van der Waals surface area contributed by atoms with E-state index in [0.717, 1.165) is 35.7 Å². The predicted octanol–water partition coefficient (Wildman–Crippen LogP) is 3.63. The number of hydrogen-bond donors (Lipinski definition) is 0. The fourth-order valence-electron chi connectivity index (χ4n) is 2.73. The molecule has 0 N–H and O–H groups in total. The zero-order valence-electron chi connectivity index (χ0n) is 15.0. The van der Waals surface area contributed by atoms with E-state index in [0.29, 0.717) is 17.4 Å². The summed E-state index contributed by atoms with van der Waals surface area (Å²) in [5.74, 6) is 0.747. The van der Waals surface area contributed by atoms with Crippen LogP contribution in [0.4, 0.5) is 0 Å². The Morgan fingerprint density at radius 3 is 2.68 bits per heavy atom. The number of aromatic nitrogens is 4. The second-order valence-corrected chi connectivity index (χ2v) is 6.61. The summed E-state index contributed by atoms with van der Waals surface area (Å²) < 4.78 is 6.84. The number of rotatable bonds is 6. The third-order valence-corrected chi connectivity index (χ3v) is 4.57. The van der Waals surface area contributed by atoms with E-state index in [1.54, 1.807) is 4.68 Å². The molecular weight excluding hydrogens is 338 g/mol. The van der Waals surface area contributed by atoms with Crippen LogP contribution in [0.5, 0.6) is 0 Å². The summed E-state index contributed by atoms with van der Waals surface area (Å²) in [6.07, 6.45) is 2.93. The maximum atomic E-state index is 6.46. The lowest BCUT2D eigenvalue weighted by atomic mass is 10.1. The first kappa shape index (κ1) is 17.6. The van der Waals surface area contributed by atoms with E-state index in [-0.39, 0.29) is 0 Å². The number of nitrogens with zero attached hydrogens (tertiary/aromatic N) is 5. The summed E-state index contributed by atoms with van der Waals surface area (Å²) in [7, 11) is 3.86. The largest absolute Gasteiger partial charge is 0.361 e. The van der Waals surface area contributed by atoms with Crippen LogP contribution in [0, 0.1) is 6.92 Å². The van der Waals surface area contributed by atoms with Gasteiger partial charge in [-0.05, 0) is 32.0 Å². The van der Waals surface area contributed by atoms with Gasteiger partial charge in [0.05, 0.1) is 5.69 Å². The molecular formula is C18H22ClN5O. The van der Waals surface area contributed by atoms with Gasteiger partial charge in [0, 0.05) is 38.0 Å². The predicted molar refractivity (Wildman–Crippen MR) is 97.2 cm³/mol. The van der Waals surface area contributed by atoms with E-state index < -0.39 is 0 Å². The number of pyridine rings is 1. The fraction of sp³-hybridized carbons (Fsp3) is 0.389. The SMILES string of the molecule is CCc1ccc(CN(C)Cc2c(-c3cc(C)on3)nn(C)c2Cl)nc1. The lowest BCUT2D eigenvalue weighted by Gasteiger charge is -2.16. The van der Waals surface area contributed by atoms with Crippen LogP contribution in [0.3, 0.4) is 0 Å². The molecule has 0 aliphatic heterocycles. The molecule has 0 radical (unpaired) electrons. The Morgan fingerprint density at radius 2 is 2.08 bits per heavy atom. The first-order valence-corrected chi connectivity index (χ1v) is 8.63. The van der Waals surface area contributed by atoms with Gasteiger partial charge in [-0.15, -0.1) is 0 Å². The van der Waals surface area contributed by atoms with E-state index in [2.05, 4.69) is 39.2 Å². The maximum Gasteiger partial charge on any atom is 0.134 e. The highest BCUT2D eigenvalue weighted by molar-refractivity contribution is 6.30. The third kappa shape index (κ3) is 3.91. The minimum Gasteiger partial charge on any atom is -0.361 e. The lowest BCUT2D eigenvalue weighted by Crippen LogP contribution is -2.18. The number of aryl methyl sites for hydroxylation is 3. The van der Waals surface area contributed by atoms with Crippen LogP contribution in [0.2, 0.25) is 5.15 Å². The standard InChI is InChI=1S/C18H22ClN5O/c1-5-13-6-7-14(20-9-13)10-23(3)11-15-17(21-24(4)18(15)19)16-8-12(2)25-22-16/h6-9H,5,10-11H2,1-4H3. The Labute approximate surface area is 152 Å². The van der Waals surface area contributed by atoms with Crippen LogP contribution in [0.15, 0.2) is 28.9 Å². The van der Waals surface area contributed by atoms with Crippen molar-refractivity contribution in [3.8, 4) is 11.4 Å². The van der Waals surface area contributed by atoms with E-state index >= 15 is 0 Å². The molecule has 0 unspecified atom stereocenters. The van der Waals surface area contributed by atoms with E-state index in [9.17, 15) is 0 Å². The Hall–Kier alpha value is -2.18. The van der Waals surface area contributed by atoms with Crippen molar-refractivity contribution in [1.29, 1.82) is 0 Å². The molecule has 3 rings (SSSR count). The molecule has 25 heavy (non-hydrogen) atoms. The molecule has 0 aromatic carbocycles. The van der Waals surface area contributed by atoms with Gasteiger partial charge < -0.3 is 4.52 Å². The number of halogens is 1. The molecule has 3 heterocycles.